The molecule has 0 aliphatic carbocycles. The minimum Gasteiger partial charge on any atom is -0.381 e. The van der Waals surface area contributed by atoms with Gasteiger partial charge >= 0.3 is 6.80 Å². The van der Waals surface area contributed by atoms with Gasteiger partial charge in [-0.05, 0) is 40.4 Å². The van der Waals surface area contributed by atoms with Gasteiger partial charge in [0, 0.05) is 17.9 Å². The van der Waals surface area contributed by atoms with Crippen LogP contribution in [0.2, 0.25) is 0 Å². The van der Waals surface area contributed by atoms with Crippen LogP contribution in [-0.4, -0.2) is 52.1 Å². The molecule has 2 aliphatic heterocycles. The SMILES string of the molecule is B[C@@H]1O[C@H](CO[P@@](=O)(S)OC2(C)[C@@H](C(C)(C)C)O[C@@H](B)[C@H]2C(C)(C)C)C(C(C)(C)C)[C@@H]1C(C)(C)C. The second-order valence-electron chi connectivity index (χ2n) is 15.6. The highest BCUT2D eigenvalue weighted by Crippen LogP contribution is 2.63. The maximum atomic E-state index is 13.8. The molecule has 2 fully saturated rings. The smallest absolute Gasteiger partial charge is 0.381 e. The second-order valence-corrected chi connectivity index (χ2v) is 18.5. The number of thiol groups is 1. The van der Waals surface area contributed by atoms with E-state index >= 15 is 0 Å². The van der Waals surface area contributed by atoms with Crippen molar-refractivity contribution < 1.29 is 23.1 Å². The zero-order chi connectivity index (χ0) is 27.6. The highest BCUT2D eigenvalue weighted by molar-refractivity contribution is 8.44. The Kier molecular flexibility index (Phi) is 9.02. The Hall–Kier alpha value is 0.550. The first-order chi connectivity index (χ1) is 15.3. The van der Waals surface area contributed by atoms with Gasteiger partial charge in [-0.1, -0.05) is 95.3 Å². The maximum Gasteiger partial charge on any atom is 0.386 e. The standard InChI is InChI=1S/C26H53B2O5PS/c1-22(2,3)16-15(31-19(27)17(16)23(4,5)6)14-30-34(29,35)33-26(13)18(24(7,8)9)20(28)32-21(26)25(10,11)12/h15-21H,14,27-28H2,1-13H3,(H,29,35)/t15-,16?,17+,18+,19-,20-,21-,26?,34-/m1/s1. The van der Waals surface area contributed by atoms with E-state index in [1.807, 2.05) is 6.92 Å². The molecule has 2 unspecified atom stereocenters. The van der Waals surface area contributed by atoms with Crippen LogP contribution in [0.3, 0.4) is 0 Å². The van der Waals surface area contributed by atoms with Gasteiger partial charge in [0.1, 0.15) is 21.3 Å². The number of rotatable bonds is 5. The van der Waals surface area contributed by atoms with E-state index < -0.39 is 12.4 Å². The van der Waals surface area contributed by atoms with Gasteiger partial charge in [0.15, 0.2) is 0 Å². The third-order valence-electron chi connectivity index (χ3n) is 8.07. The maximum absolute atomic E-state index is 13.8. The molecule has 2 aliphatic rings. The Morgan fingerprint density at radius 1 is 0.800 bits per heavy atom. The van der Waals surface area contributed by atoms with E-state index in [0.717, 1.165) is 0 Å². The van der Waals surface area contributed by atoms with Crippen LogP contribution in [0.4, 0.5) is 0 Å². The first kappa shape index (κ1) is 31.8. The molecule has 0 N–H and O–H groups in total. The molecule has 35 heavy (non-hydrogen) atoms. The van der Waals surface area contributed by atoms with E-state index in [4.69, 9.17) is 18.5 Å². The van der Waals surface area contributed by atoms with Crippen molar-refractivity contribution in [2.75, 3.05) is 6.61 Å². The van der Waals surface area contributed by atoms with Crippen molar-refractivity contribution in [1.82, 2.24) is 0 Å². The van der Waals surface area contributed by atoms with Crippen molar-refractivity contribution in [2.45, 2.75) is 120 Å². The Morgan fingerprint density at radius 2 is 1.29 bits per heavy atom. The fraction of sp³-hybridized carbons (Fsp3) is 1.00. The van der Waals surface area contributed by atoms with Crippen LogP contribution in [0.25, 0.3) is 0 Å². The molecule has 0 bridgehead atoms. The first-order valence-electron chi connectivity index (χ1n) is 13.3. The number of hydrogen-bond donors (Lipinski definition) is 1. The van der Waals surface area contributed by atoms with Crippen LogP contribution in [0, 0.1) is 39.4 Å². The van der Waals surface area contributed by atoms with Crippen molar-refractivity contribution in [2.24, 2.45) is 39.4 Å². The van der Waals surface area contributed by atoms with Crippen molar-refractivity contribution in [3.8, 4) is 0 Å². The molecule has 0 spiro atoms. The Labute approximate surface area is 223 Å². The van der Waals surface area contributed by atoms with Gasteiger partial charge in [0.05, 0.1) is 18.8 Å². The molecule has 0 radical (unpaired) electrons. The predicted octanol–water partition coefficient (Wildman–Crippen LogP) is 5.57. The van der Waals surface area contributed by atoms with Crippen molar-refractivity contribution in [3.05, 3.63) is 0 Å². The van der Waals surface area contributed by atoms with E-state index in [9.17, 15) is 4.57 Å². The van der Waals surface area contributed by atoms with Gasteiger partial charge in [-0.15, -0.1) is 0 Å². The van der Waals surface area contributed by atoms with E-state index in [-0.39, 0.29) is 64.3 Å². The molecule has 0 amide bonds. The summed E-state index contributed by atoms with van der Waals surface area (Å²) in [6, 6.07) is 0.0413. The van der Waals surface area contributed by atoms with Crippen LogP contribution < -0.4 is 0 Å². The summed E-state index contributed by atoms with van der Waals surface area (Å²) in [5.41, 5.74) is -1.07. The lowest BCUT2D eigenvalue weighted by Crippen LogP contribution is -2.52. The minimum atomic E-state index is -3.72. The predicted molar refractivity (Wildman–Crippen MR) is 155 cm³/mol. The molecular weight excluding hydrogens is 477 g/mol. The monoisotopic (exact) mass is 530 g/mol. The quantitative estimate of drug-likeness (QED) is 0.287. The topological polar surface area (TPSA) is 54.0 Å². The average molecular weight is 530 g/mol. The van der Waals surface area contributed by atoms with Gasteiger partial charge in [-0.3, -0.25) is 9.05 Å². The fourth-order valence-electron chi connectivity index (χ4n) is 7.68. The van der Waals surface area contributed by atoms with Gasteiger partial charge in [-0.25, -0.2) is 4.57 Å². The summed E-state index contributed by atoms with van der Waals surface area (Å²) in [5.74, 6) is 0.619. The lowest BCUT2D eigenvalue weighted by molar-refractivity contribution is -0.0882. The summed E-state index contributed by atoms with van der Waals surface area (Å²) >= 11 is 4.49. The number of ether oxygens (including phenoxy) is 2. The highest BCUT2D eigenvalue weighted by Gasteiger charge is 2.62. The largest absolute Gasteiger partial charge is 0.386 e. The summed E-state index contributed by atoms with van der Waals surface area (Å²) in [6.45, 7) is 25.0. The molecule has 2 saturated heterocycles. The molecule has 0 saturated carbocycles. The van der Waals surface area contributed by atoms with E-state index in [2.05, 4.69) is 111 Å². The molecule has 5 nitrogen and oxygen atoms in total. The molecule has 0 aromatic carbocycles. The van der Waals surface area contributed by atoms with Crippen molar-refractivity contribution in [3.63, 3.8) is 0 Å². The van der Waals surface area contributed by atoms with Gasteiger partial charge in [0.25, 0.3) is 0 Å². The third-order valence-corrected chi connectivity index (χ3v) is 9.77. The normalized spacial score (nSPS) is 39.1. The molecule has 2 heterocycles. The average Bonchev–Trinajstić information content (AvgIpc) is 3.05. The molecule has 2 rings (SSSR count). The third kappa shape index (κ3) is 6.95. The Balaban J connectivity index is 2.32. The van der Waals surface area contributed by atoms with Gasteiger partial charge in [-0.2, -0.15) is 0 Å². The molecule has 9 heteroatoms. The van der Waals surface area contributed by atoms with Crippen LogP contribution in [-0.2, 0) is 23.1 Å². The zero-order valence-electron chi connectivity index (χ0n) is 25.2. The summed E-state index contributed by atoms with van der Waals surface area (Å²) in [4.78, 5) is 0. The van der Waals surface area contributed by atoms with Crippen molar-refractivity contribution >= 4 is 34.7 Å². The number of hydrogen-bond acceptors (Lipinski definition) is 5. The van der Waals surface area contributed by atoms with E-state index in [0.29, 0.717) is 5.92 Å². The van der Waals surface area contributed by atoms with E-state index in [1.165, 1.54) is 0 Å². The van der Waals surface area contributed by atoms with Gasteiger partial charge < -0.3 is 9.47 Å². The molecular formula is C26H53B2O5PS. The fourth-order valence-corrected chi connectivity index (χ4v) is 9.51. The van der Waals surface area contributed by atoms with Gasteiger partial charge in [0.2, 0.25) is 0 Å². The Morgan fingerprint density at radius 3 is 1.69 bits per heavy atom. The second kappa shape index (κ2) is 9.94. The van der Waals surface area contributed by atoms with E-state index in [1.54, 1.807) is 0 Å². The van der Waals surface area contributed by atoms with Crippen LogP contribution >= 0.6 is 19.0 Å². The van der Waals surface area contributed by atoms with Crippen molar-refractivity contribution in [1.29, 1.82) is 0 Å². The lowest BCUT2D eigenvalue weighted by atomic mass is 9.59. The van der Waals surface area contributed by atoms with Crippen LogP contribution in [0.15, 0.2) is 0 Å². The summed E-state index contributed by atoms with van der Waals surface area (Å²) in [7, 11) is 4.23. The van der Waals surface area contributed by atoms with Crippen LogP contribution in [0.1, 0.15) is 90.0 Å². The molecule has 0 aromatic rings. The molecule has 0 aromatic heterocycles. The summed E-state index contributed by atoms with van der Waals surface area (Å²) < 4.78 is 39.2. The summed E-state index contributed by atoms with van der Waals surface area (Å²) in [6.07, 6.45) is -0.435. The summed E-state index contributed by atoms with van der Waals surface area (Å²) in [5, 5.41) is 0. The zero-order valence-corrected chi connectivity index (χ0v) is 27.0. The van der Waals surface area contributed by atoms with Crippen LogP contribution in [0.5, 0.6) is 0 Å². The minimum absolute atomic E-state index is 0.00748. The first-order valence-corrected chi connectivity index (χ1v) is 16.0. The highest BCUT2D eigenvalue weighted by atomic mass is 32.7. The lowest BCUT2D eigenvalue weighted by Gasteiger charge is -2.46. The molecule has 9 atom stereocenters. The Bertz CT molecular complexity index is 798. The molecule has 204 valence electrons.